The van der Waals surface area contributed by atoms with Crippen molar-refractivity contribution >= 4 is 15.9 Å². The maximum Gasteiger partial charge on any atom is 0.304 e. The molecule has 5 heteroatoms. The van der Waals surface area contributed by atoms with E-state index in [1.807, 2.05) is 30.3 Å². The van der Waals surface area contributed by atoms with Gasteiger partial charge in [-0.25, -0.2) is 0 Å². The molecule has 1 aromatic rings. The fraction of sp³-hybridized carbons (Fsp3) is 0.500. The standard InChI is InChI=1S/C12H16N2O2S/c15-17(16)13(10-11-6-7-11)8-9-14(17)12-4-2-1-3-5-12/h1-5,11H,6-10H2. The predicted octanol–water partition coefficient (Wildman–Crippen LogP) is 1.46. The number of para-hydroxylation sites is 1. The zero-order chi connectivity index (χ0) is 11.9. The van der Waals surface area contributed by atoms with Gasteiger partial charge in [0.1, 0.15) is 0 Å². The largest absolute Gasteiger partial charge is 0.304 e. The highest BCUT2D eigenvalue weighted by atomic mass is 32.2. The van der Waals surface area contributed by atoms with E-state index in [1.165, 1.54) is 17.1 Å². The summed E-state index contributed by atoms with van der Waals surface area (Å²) in [6.07, 6.45) is 2.36. The Bertz CT molecular complexity index is 496. The highest BCUT2D eigenvalue weighted by Gasteiger charge is 2.39. The molecular weight excluding hydrogens is 236 g/mol. The molecule has 0 aromatic heterocycles. The van der Waals surface area contributed by atoms with Gasteiger partial charge < -0.3 is 0 Å². The van der Waals surface area contributed by atoms with Crippen molar-refractivity contribution < 1.29 is 8.42 Å². The molecule has 0 radical (unpaired) electrons. The Kier molecular flexibility index (Phi) is 2.60. The van der Waals surface area contributed by atoms with Crippen LogP contribution in [-0.4, -0.2) is 32.4 Å². The minimum Gasteiger partial charge on any atom is -0.256 e. The normalized spacial score (nSPS) is 24.1. The van der Waals surface area contributed by atoms with E-state index in [0.717, 1.165) is 5.69 Å². The molecular formula is C12H16N2O2S. The van der Waals surface area contributed by atoms with Crippen molar-refractivity contribution in [3.63, 3.8) is 0 Å². The van der Waals surface area contributed by atoms with Crippen LogP contribution in [0.5, 0.6) is 0 Å². The van der Waals surface area contributed by atoms with Crippen molar-refractivity contribution in [1.29, 1.82) is 0 Å². The summed E-state index contributed by atoms with van der Waals surface area (Å²) in [5.41, 5.74) is 0.769. The Hall–Kier alpha value is -1.07. The van der Waals surface area contributed by atoms with Gasteiger partial charge in [0.2, 0.25) is 0 Å². The van der Waals surface area contributed by atoms with Crippen LogP contribution in [-0.2, 0) is 10.2 Å². The number of rotatable bonds is 3. The maximum atomic E-state index is 12.3. The zero-order valence-corrected chi connectivity index (χ0v) is 10.4. The van der Waals surface area contributed by atoms with Crippen LogP contribution >= 0.6 is 0 Å². The third-order valence-corrected chi connectivity index (χ3v) is 5.29. The lowest BCUT2D eigenvalue weighted by Gasteiger charge is -2.19. The molecule has 4 nitrogen and oxygen atoms in total. The first-order valence-electron chi connectivity index (χ1n) is 6.01. The van der Waals surface area contributed by atoms with E-state index in [4.69, 9.17) is 0 Å². The van der Waals surface area contributed by atoms with Crippen molar-refractivity contribution in [2.75, 3.05) is 23.9 Å². The molecule has 0 N–H and O–H groups in total. The highest BCUT2D eigenvalue weighted by Crippen LogP contribution is 2.33. The topological polar surface area (TPSA) is 40.6 Å². The van der Waals surface area contributed by atoms with E-state index < -0.39 is 10.2 Å². The second-order valence-electron chi connectivity index (χ2n) is 4.72. The van der Waals surface area contributed by atoms with Crippen molar-refractivity contribution in [2.45, 2.75) is 12.8 Å². The molecule has 0 atom stereocenters. The third kappa shape index (κ3) is 2.05. The number of anilines is 1. The summed E-state index contributed by atoms with van der Waals surface area (Å²) in [5, 5.41) is 0. The Morgan fingerprint density at radius 3 is 2.47 bits per heavy atom. The van der Waals surface area contributed by atoms with Crippen LogP contribution in [0.25, 0.3) is 0 Å². The number of benzene rings is 1. The summed E-state index contributed by atoms with van der Waals surface area (Å²) in [6.45, 7) is 1.89. The zero-order valence-electron chi connectivity index (χ0n) is 9.62. The Morgan fingerprint density at radius 1 is 1.12 bits per heavy atom. The first-order valence-corrected chi connectivity index (χ1v) is 7.40. The van der Waals surface area contributed by atoms with E-state index >= 15 is 0 Å². The molecule has 0 amide bonds. The summed E-state index contributed by atoms with van der Waals surface area (Å²) < 4.78 is 27.7. The van der Waals surface area contributed by atoms with Gasteiger partial charge in [-0.15, -0.1) is 0 Å². The van der Waals surface area contributed by atoms with Crippen LogP contribution in [0, 0.1) is 5.92 Å². The van der Waals surface area contributed by atoms with Crippen molar-refractivity contribution in [3.8, 4) is 0 Å². The van der Waals surface area contributed by atoms with Crippen LogP contribution < -0.4 is 4.31 Å². The van der Waals surface area contributed by atoms with E-state index in [-0.39, 0.29) is 0 Å². The molecule has 1 aliphatic heterocycles. The predicted molar refractivity (Wildman–Crippen MR) is 67.0 cm³/mol. The van der Waals surface area contributed by atoms with Crippen molar-refractivity contribution in [1.82, 2.24) is 4.31 Å². The number of nitrogens with zero attached hydrogens (tertiary/aromatic N) is 2. The fourth-order valence-corrected chi connectivity index (χ4v) is 3.89. The lowest BCUT2D eigenvalue weighted by Crippen LogP contribution is -2.34. The highest BCUT2D eigenvalue weighted by molar-refractivity contribution is 7.90. The monoisotopic (exact) mass is 252 g/mol. The van der Waals surface area contributed by atoms with E-state index in [2.05, 4.69) is 0 Å². The van der Waals surface area contributed by atoms with Crippen LogP contribution in [0.3, 0.4) is 0 Å². The van der Waals surface area contributed by atoms with Gasteiger partial charge in [-0.05, 0) is 30.9 Å². The Balaban J connectivity index is 1.83. The lowest BCUT2D eigenvalue weighted by atomic mass is 10.3. The SMILES string of the molecule is O=S1(=O)N(CC2CC2)CCN1c1ccccc1. The molecule has 1 aliphatic carbocycles. The van der Waals surface area contributed by atoms with E-state index in [0.29, 0.717) is 25.6 Å². The smallest absolute Gasteiger partial charge is 0.256 e. The van der Waals surface area contributed by atoms with Gasteiger partial charge in [-0.3, -0.25) is 4.31 Å². The Labute approximate surface area is 102 Å². The van der Waals surface area contributed by atoms with Gasteiger partial charge >= 0.3 is 10.2 Å². The molecule has 1 aromatic carbocycles. The van der Waals surface area contributed by atoms with E-state index in [1.54, 1.807) is 4.31 Å². The third-order valence-electron chi connectivity index (χ3n) is 3.36. The van der Waals surface area contributed by atoms with Crippen LogP contribution in [0.15, 0.2) is 30.3 Å². The quantitative estimate of drug-likeness (QED) is 0.817. The van der Waals surface area contributed by atoms with Gasteiger partial charge in [0, 0.05) is 19.6 Å². The van der Waals surface area contributed by atoms with E-state index in [9.17, 15) is 8.42 Å². The maximum absolute atomic E-state index is 12.3. The molecule has 1 saturated heterocycles. The van der Waals surface area contributed by atoms with Gasteiger partial charge in [0.25, 0.3) is 0 Å². The fourth-order valence-electron chi connectivity index (χ4n) is 2.20. The lowest BCUT2D eigenvalue weighted by molar-refractivity contribution is 0.432. The van der Waals surface area contributed by atoms with Crippen LogP contribution in [0.4, 0.5) is 5.69 Å². The molecule has 0 unspecified atom stereocenters. The number of hydrogen-bond donors (Lipinski definition) is 0. The first kappa shape index (κ1) is 11.0. The molecule has 0 spiro atoms. The molecule has 92 valence electrons. The molecule has 2 fully saturated rings. The van der Waals surface area contributed by atoms with Gasteiger partial charge in [0.15, 0.2) is 0 Å². The van der Waals surface area contributed by atoms with Gasteiger partial charge in [-0.2, -0.15) is 12.7 Å². The molecule has 0 bridgehead atoms. The summed E-state index contributed by atoms with van der Waals surface area (Å²) >= 11 is 0. The average molecular weight is 252 g/mol. The minimum absolute atomic E-state index is 0.569. The summed E-state index contributed by atoms with van der Waals surface area (Å²) in [7, 11) is -3.27. The second kappa shape index (κ2) is 3.99. The second-order valence-corrected chi connectivity index (χ2v) is 6.57. The summed E-state index contributed by atoms with van der Waals surface area (Å²) in [6, 6.07) is 9.33. The first-order chi connectivity index (χ1) is 8.18. The summed E-state index contributed by atoms with van der Waals surface area (Å²) in [5.74, 6) is 0.598. The minimum atomic E-state index is -3.27. The average Bonchev–Trinajstić information content (AvgIpc) is 3.07. The molecule has 1 saturated carbocycles. The Morgan fingerprint density at radius 2 is 1.82 bits per heavy atom. The molecule has 1 heterocycles. The number of hydrogen-bond acceptors (Lipinski definition) is 2. The molecule has 17 heavy (non-hydrogen) atoms. The van der Waals surface area contributed by atoms with Gasteiger partial charge in [-0.1, -0.05) is 18.2 Å². The van der Waals surface area contributed by atoms with Crippen LogP contribution in [0.2, 0.25) is 0 Å². The molecule has 3 rings (SSSR count). The van der Waals surface area contributed by atoms with Crippen LogP contribution in [0.1, 0.15) is 12.8 Å². The molecule has 2 aliphatic rings. The van der Waals surface area contributed by atoms with Crippen molar-refractivity contribution in [3.05, 3.63) is 30.3 Å². The van der Waals surface area contributed by atoms with Crippen molar-refractivity contribution in [2.24, 2.45) is 5.92 Å². The summed E-state index contributed by atoms with van der Waals surface area (Å²) in [4.78, 5) is 0. The van der Waals surface area contributed by atoms with Gasteiger partial charge in [0.05, 0.1) is 5.69 Å².